The summed E-state index contributed by atoms with van der Waals surface area (Å²) in [5.41, 5.74) is 14.1. The van der Waals surface area contributed by atoms with E-state index in [-0.39, 0.29) is 47.6 Å². The van der Waals surface area contributed by atoms with E-state index in [9.17, 15) is 14.4 Å². The van der Waals surface area contributed by atoms with E-state index in [0.717, 1.165) is 94.6 Å². The second kappa shape index (κ2) is 21.9. The number of nitrogens with one attached hydrogen (secondary N) is 2. The molecular weight excluding hydrogens is 901 g/mol. The van der Waals surface area contributed by atoms with Crippen molar-refractivity contribution in [2.45, 2.75) is 165 Å². The second-order valence-corrected chi connectivity index (χ2v) is 23.2. The first-order valence-corrected chi connectivity index (χ1v) is 27.6. The first kappa shape index (κ1) is 50.0. The van der Waals surface area contributed by atoms with Gasteiger partial charge in [0.05, 0.1) is 0 Å². The molecule has 10 rings (SSSR count). The van der Waals surface area contributed by atoms with Crippen LogP contribution < -0.4 is 16.4 Å². The summed E-state index contributed by atoms with van der Waals surface area (Å²) in [6.07, 6.45) is 27.3. The van der Waals surface area contributed by atoms with Gasteiger partial charge in [-0.3, -0.25) is 24.7 Å². The van der Waals surface area contributed by atoms with Crippen LogP contribution in [0.2, 0.25) is 0 Å². The minimum atomic E-state index is -1.38. The zero-order valence-corrected chi connectivity index (χ0v) is 42.4. The summed E-state index contributed by atoms with van der Waals surface area (Å²) >= 11 is 0. The Hall–Kier alpha value is -5.51. The number of carbonyl (C=O) groups is 3. The fourth-order valence-corrected chi connectivity index (χ4v) is 14.4. The van der Waals surface area contributed by atoms with Gasteiger partial charge in [0.2, 0.25) is 11.8 Å². The number of nitrogens with zero attached hydrogens (tertiary/aromatic N) is 2. The number of alkyl halides is 1. The van der Waals surface area contributed by atoms with Crippen LogP contribution in [-0.2, 0) is 16.0 Å². The van der Waals surface area contributed by atoms with Crippen molar-refractivity contribution in [2.75, 3.05) is 11.1 Å². The van der Waals surface area contributed by atoms with Crippen molar-refractivity contribution < 1.29 is 23.2 Å². The molecule has 8 nitrogen and oxygen atoms in total. The summed E-state index contributed by atoms with van der Waals surface area (Å²) in [5.74, 6) is 3.19. The third-order valence-corrected chi connectivity index (χ3v) is 18.6. The third kappa shape index (κ3) is 11.3. The molecule has 2 aromatic carbocycles. The van der Waals surface area contributed by atoms with Gasteiger partial charge in [0.15, 0.2) is 5.78 Å². The number of fused-ring (bicyclic) bond motifs is 1. The minimum absolute atomic E-state index is 0.0467. The van der Waals surface area contributed by atoms with Crippen molar-refractivity contribution in [3.8, 4) is 11.1 Å². The number of nitrogens with two attached hydrogens (primary N) is 1. The molecule has 5 atom stereocenters. The normalized spacial score (nSPS) is 30.9. The summed E-state index contributed by atoms with van der Waals surface area (Å²) in [4.78, 5) is 46.4. The number of nitrogen functional groups attached to an aromatic ring is 1. The highest BCUT2D eigenvalue weighted by Gasteiger charge is 2.47. The molecule has 4 aromatic rings. The largest absolute Gasteiger partial charge is 0.384 e. The average molecular weight is 976 g/mol. The molecule has 2 amide bonds. The summed E-state index contributed by atoms with van der Waals surface area (Å²) in [6.45, 7) is 6.38. The minimum Gasteiger partial charge on any atom is -0.384 e. The lowest BCUT2D eigenvalue weighted by Crippen LogP contribution is -2.47. The number of Topliss-reactive ketones (excluding diaryl/α,β-unsaturated/α-hetero) is 1. The van der Waals surface area contributed by atoms with Crippen LogP contribution in [0.25, 0.3) is 17.2 Å². The molecule has 0 bridgehead atoms. The van der Waals surface area contributed by atoms with Gasteiger partial charge < -0.3 is 11.1 Å². The molecule has 5 aliphatic carbocycles. The maximum atomic E-state index is 16.9. The van der Waals surface area contributed by atoms with Gasteiger partial charge in [-0.1, -0.05) is 74.4 Å². The molecular formula is C62H75F2N5O3. The summed E-state index contributed by atoms with van der Waals surface area (Å²) in [6, 6.07) is 19.2. The Morgan fingerprint density at radius 1 is 0.833 bits per heavy atom. The molecule has 0 radical (unpaired) electrons. The highest BCUT2D eigenvalue weighted by Crippen LogP contribution is 2.52. The van der Waals surface area contributed by atoms with E-state index in [1.165, 1.54) is 59.7 Å². The van der Waals surface area contributed by atoms with Gasteiger partial charge in [-0.05, 0) is 209 Å². The van der Waals surface area contributed by atoms with Crippen molar-refractivity contribution in [3.05, 3.63) is 125 Å². The standard InChI is InChI=1S/C62H75F2N5O3/c1-3-62(64)36-42(10-24-54(62)46-17-15-45(16-18-46)52-23-22-50(35-55(52)63)68-56-25-27-60(71)69-61(56)72)31-39-4-6-41(7-5-39)33-58(70)47-19-13-44(14-20-47)43-11-8-40(9-12-43)32-49-34-53-51(48-21-26-59(65)67-37-48)28-29-66-57(53)30-38(49)2/h3,13-14,19-23,26,28-29,34-35,37-43,45-46,54,56,68H,1,4-12,15-18,24-25,27,30-33,36H2,2H3,(H2,65,67)(H,69,71,72). The van der Waals surface area contributed by atoms with Gasteiger partial charge in [-0.25, -0.2) is 13.8 Å². The number of ketones is 1. The Bertz CT molecular complexity index is 2630. The molecule has 4 saturated carbocycles. The lowest BCUT2D eigenvalue weighted by molar-refractivity contribution is -0.133. The fourth-order valence-electron chi connectivity index (χ4n) is 14.4. The molecule has 4 N–H and O–H groups in total. The van der Waals surface area contributed by atoms with E-state index in [1.807, 2.05) is 30.6 Å². The van der Waals surface area contributed by atoms with Gasteiger partial charge in [0.25, 0.3) is 0 Å². The second-order valence-electron chi connectivity index (χ2n) is 23.2. The number of anilines is 2. The topological polar surface area (TPSA) is 127 Å². The van der Waals surface area contributed by atoms with Gasteiger partial charge >= 0.3 is 0 Å². The Morgan fingerprint density at radius 3 is 2.26 bits per heavy atom. The number of rotatable bonds is 14. The lowest BCUT2D eigenvalue weighted by atomic mass is 9.61. The SMILES string of the molecule is C=CC1(F)CC(CC2CCC(CC(=O)c3ccc(C4CCC(CC5=Cc6c(-c7ccc(N)nc7)ccnc6CC5C)CC4)cc3)CC2)CCC1C1CCC(c2ccc(NC3CCC(=O)NC3=O)cc2F)CC1. The molecule has 380 valence electrons. The smallest absolute Gasteiger partial charge is 0.249 e. The Kier molecular flexibility index (Phi) is 15.2. The number of carbonyl (C=O) groups excluding carboxylic acids is 3. The van der Waals surface area contributed by atoms with Gasteiger partial charge in [0.1, 0.15) is 23.3 Å². The van der Waals surface area contributed by atoms with Gasteiger partial charge in [0, 0.05) is 53.3 Å². The van der Waals surface area contributed by atoms with Crippen LogP contribution in [0.5, 0.6) is 0 Å². The summed E-state index contributed by atoms with van der Waals surface area (Å²) < 4.78 is 32.4. The number of halogens is 2. The van der Waals surface area contributed by atoms with Crippen LogP contribution in [0.1, 0.15) is 180 Å². The van der Waals surface area contributed by atoms with E-state index < -0.39 is 11.7 Å². The van der Waals surface area contributed by atoms with Crippen molar-refractivity contribution in [3.63, 3.8) is 0 Å². The molecule has 6 aliphatic rings. The van der Waals surface area contributed by atoms with E-state index >= 15 is 8.78 Å². The molecule has 1 saturated heterocycles. The predicted octanol–water partition coefficient (Wildman–Crippen LogP) is 14.1. The van der Waals surface area contributed by atoms with Crippen LogP contribution in [0.15, 0.2) is 91.3 Å². The highest BCUT2D eigenvalue weighted by atomic mass is 19.1. The number of amides is 2. The Morgan fingerprint density at radius 2 is 1.56 bits per heavy atom. The van der Waals surface area contributed by atoms with E-state index in [0.29, 0.717) is 71.8 Å². The monoisotopic (exact) mass is 976 g/mol. The molecule has 3 heterocycles. The molecule has 72 heavy (non-hydrogen) atoms. The Balaban J connectivity index is 0.642. The van der Waals surface area contributed by atoms with E-state index in [2.05, 4.69) is 71.6 Å². The fraction of sp³-hybridized carbons (Fsp3) is 0.532. The maximum Gasteiger partial charge on any atom is 0.249 e. The van der Waals surface area contributed by atoms with Crippen LogP contribution >= 0.6 is 0 Å². The Labute approximate surface area is 425 Å². The summed E-state index contributed by atoms with van der Waals surface area (Å²) in [7, 11) is 0. The maximum absolute atomic E-state index is 16.9. The molecule has 2 aromatic heterocycles. The number of piperidine rings is 1. The molecule has 10 heteroatoms. The van der Waals surface area contributed by atoms with E-state index in [1.54, 1.807) is 6.08 Å². The van der Waals surface area contributed by atoms with Crippen LogP contribution in [0, 0.1) is 47.2 Å². The quantitative estimate of drug-likeness (QED) is 0.0652. The average Bonchev–Trinajstić information content (AvgIpc) is 3.38. The van der Waals surface area contributed by atoms with Crippen LogP contribution in [-0.4, -0.2) is 39.3 Å². The first-order chi connectivity index (χ1) is 34.9. The number of aromatic nitrogens is 2. The predicted molar refractivity (Wildman–Crippen MR) is 283 cm³/mol. The first-order valence-electron chi connectivity index (χ1n) is 27.6. The number of hydrogen-bond acceptors (Lipinski definition) is 7. The summed E-state index contributed by atoms with van der Waals surface area (Å²) in [5, 5.41) is 5.42. The molecule has 5 fully saturated rings. The third-order valence-electron chi connectivity index (χ3n) is 18.6. The van der Waals surface area contributed by atoms with Gasteiger partial charge in [-0.15, -0.1) is 0 Å². The van der Waals surface area contributed by atoms with Crippen molar-refractivity contribution in [1.82, 2.24) is 15.3 Å². The number of hydrogen-bond donors (Lipinski definition) is 3. The number of allylic oxidation sites excluding steroid dienone is 2. The molecule has 0 spiro atoms. The van der Waals surface area contributed by atoms with Gasteiger partial charge in [-0.2, -0.15) is 0 Å². The molecule has 1 aliphatic heterocycles. The van der Waals surface area contributed by atoms with Crippen molar-refractivity contribution in [2.24, 2.45) is 41.4 Å². The molecule has 5 unspecified atom stereocenters. The number of imide groups is 1. The van der Waals surface area contributed by atoms with Crippen LogP contribution in [0.3, 0.4) is 0 Å². The highest BCUT2D eigenvalue weighted by molar-refractivity contribution is 6.01. The van der Waals surface area contributed by atoms with Crippen LogP contribution in [0.4, 0.5) is 20.3 Å². The lowest BCUT2D eigenvalue weighted by Gasteiger charge is -2.46. The van der Waals surface area contributed by atoms with Crippen molar-refractivity contribution in [1.29, 1.82) is 0 Å². The number of benzene rings is 2. The zero-order valence-electron chi connectivity index (χ0n) is 42.4. The number of pyridine rings is 2. The van der Waals surface area contributed by atoms with E-state index in [4.69, 9.17) is 10.7 Å². The zero-order chi connectivity index (χ0) is 49.9. The van der Waals surface area contributed by atoms with Crippen molar-refractivity contribution >= 4 is 35.2 Å².